The molecule has 0 saturated carbocycles. The fraction of sp³-hybridized carbons (Fsp3) is 0.100. The molecule has 0 amide bonds. The lowest BCUT2D eigenvalue weighted by atomic mass is 10.0. The van der Waals surface area contributed by atoms with E-state index < -0.39 is 10.3 Å². The minimum Gasteiger partial charge on any atom is -0.185 e. The summed E-state index contributed by atoms with van der Waals surface area (Å²) < 4.78 is 21.0. The minimum atomic E-state index is -2.09. The first-order valence-electron chi connectivity index (χ1n) is 3.97. The molecule has 0 radical (unpaired) electrons. The first-order chi connectivity index (χ1) is 6.27. The predicted molar refractivity (Wildman–Crippen MR) is 53.2 cm³/mol. The van der Waals surface area contributed by atoms with E-state index in [1.165, 1.54) is 5.37 Å². The van der Waals surface area contributed by atoms with Gasteiger partial charge in [0.2, 0.25) is 10.3 Å². The lowest BCUT2D eigenvalue weighted by Gasteiger charge is -2.01. The summed E-state index contributed by atoms with van der Waals surface area (Å²) in [5.41, 5.74) is 2.17. The maximum Gasteiger partial charge on any atom is 0.210 e. The smallest absolute Gasteiger partial charge is 0.185 e. The highest BCUT2D eigenvalue weighted by molar-refractivity contribution is 7.71. The van der Waals surface area contributed by atoms with Crippen molar-refractivity contribution in [2.24, 2.45) is 0 Å². The van der Waals surface area contributed by atoms with Crippen LogP contribution in [-0.4, -0.2) is 13.8 Å². The van der Waals surface area contributed by atoms with Gasteiger partial charge in [0.25, 0.3) is 0 Å². The van der Waals surface area contributed by atoms with Crippen molar-refractivity contribution in [1.82, 2.24) is 0 Å². The van der Waals surface area contributed by atoms with E-state index >= 15 is 0 Å². The van der Waals surface area contributed by atoms with Crippen LogP contribution >= 0.6 is 0 Å². The molecule has 1 unspecified atom stereocenters. The molecular formula is C10H8O2S. The maximum atomic E-state index is 10.5. The summed E-state index contributed by atoms with van der Waals surface area (Å²) >= 11 is 0. The highest BCUT2D eigenvalue weighted by Crippen LogP contribution is 2.27. The average Bonchev–Trinajstić information content (AvgIpc) is 2.48. The van der Waals surface area contributed by atoms with Crippen LogP contribution in [0.3, 0.4) is 0 Å². The van der Waals surface area contributed by atoms with Crippen molar-refractivity contribution in [3.63, 3.8) is 0 Å². The summed E-state index contributed by atoms with van der Waals surface area (Å²) in [4.78, 5) is 0. The summed E-state index contributed by atoms with van der Waals surface area (Å²) in [6.07, 6.45) is 3.84. The molecule has 0 bridgehead atoms. The molecule has 2 rings (SSSR count). The van der Waals surface area contributed by atoms with Crippen LogP contribution in [0.4, 0.5) is 0 Å². The van der Waals surface area contributed by atoms with Gasteiger partial charge in [0, 0.05) is 11.3 Å². The number of allylic oxidation sites excluding steroid dienone is 1. The first kappa shape index (κ1) is 8.26. The Hall–Kier alpha value is -1.35. The summed E-state index contributed by atoms with van der Waals surface area (Å²) in [5.74, 6) is -0.0745. The number of benzene rings is 1. The molecule has 0 saturated heterocycles. The Kier molecular flexibility index (Phi) is 2.02. The second-order valence-electron chi connectivity index (χ2n) is 2.91. The molecule has 0 spiro atoms. The molecule has 1 aliphatic rings. The molecule has 1 aliphatic carbocycles. The van der Waals surface area contributed by atoms with Gasteiger partial charge in [-0.25, -0.2) is 0 Å². The summed E-state index contributed by atoms with van der Waals surface area (Å²) in [6.45, 7) is 0. The Labute approximate surface area is 78.1 Å². The number of hydrogen-bond acceptors (Lipinski definition) is 2. The van der Waals surface area contributed by atoms with Crippen molar-refractivity contribution in [3.8, 4) is 0 Å². The highest BCUT2D eigenvalue weighted by Gasteiger charge is 2.14. The van der Waals surface area contributed by atoms with Crippen molar-refractivity contribution in [1.29, 1.82) is 0 Å². The fourth-order valence-electron chi connectivity index (χ4n) is 1.52. The molecule has 0 N–H and O–H groups in total. The molecule has 2 nitrogen and oxygen atoms in total. The second kappa shape index (κ2) is 3.18. The molecule has 13 heavy (non-hydrogen) atoms. The molecule has 0 aliphatic heterocycles. The van der Waals surface area contributed by atoms with Crippen LogP contribution in [0.5, 0.6) is 0 Å². The van der Waals surface area contributed by atoms with Crippen molar-refractivity contribution in [2.75, 3.05) is 0 Å². The van der Waals surface area contributed by atoms with E-state index in [1.807, 2.05) is 36.4 Å². The largest absolute Gasteiger partial charge is 0.210 e. The van der Waals surface area contributed by atoms with Crippen LogP contribution in [0.2, 0.25) is 0 Å². The van der Waals surface area contributed by atoms with E-state index in [0.29, 0.717) is 0 Å². The average molecular weight is 192 g/mol. The third kappa shape index (κ3) is 1.55. The Morgan fingerprint density at radius 1 is 1.23 bits per heavy atom. The van der Waals surface area contributed by atoms with Gasteiger partial charge in [0.15, 0.2) is 0 Å². The van der Waals surface area contributed by atoms with Gasteiger partial charge >= 0.3 is 0 Å². The molecule has 1 atom stereocenters. The molecule has 1 aromatic rings. The van der Waals surface area contributed by atoms with Gasteiger partial charge in [-0.1, -0.05) is 36.4 Å². The van der Waals surface area contributed by atoms with Crippen molar-refractivity contribution in [2.45, 2.75) is 5.92 Å². The van der Waals surface area contributed by atoms with Gasteiger partial charge in [0.1, 0.15) is 0 Å². The zero-order valence-corrected chi connectivity index (χ0v) is 7.66. The van der Waals surface area contributed by atoms with E-state index in [1.54, 1.807) is 0 Å². The van der Waals surface area contributed by atoms with Gasteiger partial charge in [-0.3, -0.25) is 0 Å². The van der Waals surface area contributed by atoms with Gasteiger partial charge in [0.05, 0.1) is 0 Å². The van der Waals surface area contributed by atoms with Crippen molar-refractivity contribution in [3.05, 3.63) is 41.5 Å². The van der Waals surface area contributed by atoms with E-state index in [-0.39, 0.29) is 5.92 Å². The third-order valence-corrected chi connectivity index (χ3v) is 2.61. The number of fused-ring (bicyclic) bond motifs is 1. The van der Waals surface area contributed by atoms with Gasteiger partial charge < -0.3 is 0 Å². The summed E-state index contributed by atoms with van der Waals surface area (Å²) in [6, 6.07) is 7.79. The van der Waals surface area contributed by atoms with Gasteiger partial charge in [-0.2, -0.15) is 8.42 Å². The van der Waals surface area contributed by atoms with Crippen LogP contribution in [-0.2, 0) is 10.3 Å². The Balaban J connectivity index is 2.50. The standard InChI is InChI=1S/C10H8O2S/c11-13(12)7-9-6-5-8-3-1-2-4-10(8)9/h1-7,9H. The normalized spacial score (nSPS) is 18.3. The Morgan fingerprint density at radius 3 is 2.77 bits per heavy atom. The van der Waals surface area contributed by atoms with Crippen molar-refractivity contribution >= 4 is 21.7 Å². The van der Waals surface area contributed by atoms with Crippen LogP contribution < -0.4 is 0 Å². The van der Waals surface area contributed by atoms with E-state index in [4.69, 9.17) is 0 Å². The van der Waals surface area contributed by atoms with Crippen molar-refractivity contribution < 1.29 is 8.42 Å². The van der Waals surface area contributed by atoms with Crippen LogP contribution in [0, 0.1) is 0 Å². The van der Waals surface area contributed by atoms with E-state index in [2.05, 4.69) is 0 Å². The maximum absolute atomic E-state index is 10.5. The summed E-state index contributed by atoms with van der Waals surface area (Å²) in [7, 11) is -2.09. The summed E-state index contributed by atoms with van der Waals surface area (Å²) in [5, 5.41) is 1.31. The SMILES string of the molecule is O=S(=O)=CC1C=Cc2ccccc21. The third-order valence-electron chi connectivity index (χ3n) is 2.10. The number of rotatable bonds is 1. The van der Waals surface area contributed by atoms with E-state index in [0.717, 1.165) is 11.1 Å². The molecular weight excluding hydrogens is 184 g/mol. The monoisotopic (exact) mass is 192 g/mol. The molecule has 0 aromatic heterocycles. The lowest BCUT2D eigenvalue weighted by Crippen LogP contribution is -1.94. The predicted octanol–water partition coefficient (Wildman–Crippen LogP) is 1.48. The Morgan fingerprint density at radius 2 is 2.00 bits per heavy atom. The first-order valence-corrected chi connectivity index (χ1v) is 5.11. The quantitative estimate of drug-likeness (QED) is 0.631. The van der Waals surface area contributed by atoms with Crippen LogP contribution in [0.25, 0.3) is 6.08 Å². The topological polar surface area (TPSA) is 34.1 Å². The molecule has 3 heteroatoms. The van der Waals surface area contributed by atoms with Crippen LogP contribution in [0.15, 0.2) is 30.3 Å². The fourth-order valence-corrected chi connectivity index (χ4v) is 1.99. The minimum absolute atomic E-state index is 0.0745. The Bertz CT molecular complexity index is 475. The zero-order chi connectivity index (χ0) is 9.26. The molecule has 66 valence electrons. The zero-order valence-electron chi connectivity index (χ0n) is 6.84. The molecule has 0 fully saturated rings. The highest BCUT2D eigenvalue weighted by atomic mass is 32.2. The van der Waals surface area contributed by atoms with E-state index in [9.17, 15) is 8.42 Å². The molecule has 0 heterocycles. The lowest BCUT2D eigenvalue weighted by molar-refractivity contribution is 0.627. The number of hydrogen-bond donors (Lipinski definition) is 0. The van der Waals surface area contributed by atoms with Gasteiger partial charge in [-0.15, -0.1) is 0 Å². The van der Waals surface area contributed by atoms with Gasteiger partial charge in [-0.05, 0) is 11.1 Å². The molecule has 1 aromatic carbocycles. The second-order valence-corrected chi connectivity index (χ2v) is 3.70. The van der Waals surface area contributed by atoms with Crippen LogP contribution in [0.1, 0.15) is 17.0 Å².